The number of anilines is 2. The van der Waals surface area contributed by atoms with E-state index in [0.717, 1.165) is 11.3 Å². The zero-order valence-electron chi connectivity index (χ0n) is 16.7. The van der Waals surface area contributed by atoms with E-state index in [-0.39, 0.29) is 23.4 Å². The van der Waals surface area contributed by atoms with Gasteiger partial charge in [-0.1, -0.05) is 26.8 Å². The number of carbonyl (C=O) groups excluding carboxylic acids is 2. The molecule has 1 aliphatic heterocycles. The molecule has 1 aliphatic rings. The molecule has 1 fully saturated rings. The zero-order valence-corrected chi connectivity index (χ0v) is 17.6. The minimum Gasteiger partial charge on any atom is -0.495 e. The molecule has 0 aliphatic carbocycles. The molecule has 1 aromatic heterocycles. The van der Waals surface area contributed by atoms with Crippen molar-refractivity contribution in [1.29, 1.82) is 0 Å². The van der Waals surface area contributed by atoms with E-state index in [1.54, 1.807) is 41.5 Å². The van der Waals surface area contributed by atoms with E-state index in [0.29, 0.717) is 30.1 Å². The number of nitrogens with one attached hydrogen (secondary N) is 2. The van der Waals surface area contributed by atoms with Crippen LogP contribution in [0.4, 0.5) is 16.2 Å². The normalized spacial score (nSPS) is 15.4. The molecule has 3 rings (SSSR count). The third-order valence-electron chi connectivity index (χ3n) is 4.77. The highest BCUT2D eigenvalue weighted by molar-refractivity contribution is 7.10. The molecule has 0 saturated carbocycles. The Kier molecular flexibility index (Phi) is 5.93. The third kappa shape index (κ3) is 4.47. The van der Waals surface area contributed by atoms with Crippen molar-refractivity contribution in [3.05, 3.63) is 40.6 Å². The molecule has 0 unspecified atom stereocenters. The molecule has 7 heteroatoms. The topological polar surface area (TPSA) is 70.7 Å². The predicted molar refractivity (Wildman–Crippen MR) is 113 cm³/mol. The Balaban J connectivity index is 1.77. The van der Waals surface area contributed by atoms with Gasteiger partial charge in [0.15, 0.2) is 0 Å². The Morgan fingerprint density at radius 2 is 2.07 bits per heavy atom. The number of methoxy groups -OCH3 is 1. The number of benzene rings is 1. The molecule has 0 spiro atoms. The molecule has 28 heavy (non-hydrogen) atoms. The fourth-order valence-corrected chi connectivity index (χ4v) is 4.37. The first-order valence-corrected chi connectivity index (χ1v) is 10.3. The summed E-state index contributed by atoms with van der Waals surface area (Å²) in [6.07, 6.45) is 1.36. The Morgan fingerprint density at radius 1 is 1.29 bits per heavy atom. The highest BCUT2D eigenvalue weighted by atomic mass is 32.1. The van der Waals surface area contributed by atoms with E-state index in [1.807, 2.05) is 17.5 Å². The summed E-state index contributed by atoms with van der Waals surface area (Å²) < 4.78 is 5.40. The van der Waals surface area contributed by atoms with Crippen LogP contribution in [0.1, 0.15) is 44.5 Å². The first kappa shape index (κ1) is 20.2. The number of thiophene rings is 1. The fraction of sp³-hybridized carbons (Fsp3) is 0.429. The Labute approximate surface area is 169 Å². The quantitative estimate of drug-likeness (QED) is 0.756. The first-order chi connectivity index (χ1) is 13.3. The largest absolute Gasteiger partial charge is 0.495 e. The van der Waals surface area contributed by atoms with Crippen LogP contribution in [0.15, 0.2) is 35.7 Å². The van der Waals surface area contributed by atoms with Crippen molar-refractivity contribution >= 4 is 34.6 Å². The van der Waals surface area contributed by atoms with Crippen LogP contribution >= 0.6 is 11.3 Å². The number of amides is 3. The van der Waals surface area contributed by atoms with Gasteiger partial charge in [0, 0.05) is 23.5 Å². The van der Waals surface area contributed by atoms with Crippen molar-refractivity contribution in [2.75, 3.05) is 23.9 Å². The van der Waals surface area contributed by atoms with Crippen molar-refractivity contribution in [2.24, 2.45) is 5.41 Å². The van der Waals surface area contributed by atoms with E-state index in [2.05, 4.69) is 31.4 Å². The SMILES string of the molecule is COc1ccc(NC(=O)N[C@@H](c2cccs2)C(C)(C)C)cc1N1CCCC1=O. The maximum Gasteiger partial charge on any atom is 0.319 e. The predicted octanol–water partition coefficient (Wildman–Crippen LogP) is 4.79. The Bertz CT molecular complexity index is 843. The molecule has 1 atom stereocenters. The summed E-state index contributed by atoms with van der Waals surface area (Å²) in [4.78, 5) is 27.6. The lowest BCUT2D eigenvalue weighted by Gasteiger charge is -2.30. The van der Waals surface area contributed by atoms with E-state index >= 15 is 0 Å². The van der Waals surface area contributed by atoms with Crippen LogP contribution in [-0.2, 0) is 4.79 Å². The Hall–Kier alpha value is -2.54. The number of hydrogen-bond donors (Lipinski definition) is 2. The third-order valence-corrected chi connectivity index (χ3v) is 5.71. The molecule has 2 aromatic rings. The second kappa shape index (κ2) is 8.22. The molecule has 150 valence electrons. The summed E-state index contributed by atoms with van der Waals surface area (Å²) in [6, 6.07) is 8.98. The van der Waals surface area contributed by atoms with Crippen molar-refractivity contribution in [3.8, 4) is 5.75 Å². The minimum atomic E-state index is -0.280. The van der Waals surface area contributed by atoms with Crippen LogP contribution in [0.3, 0.4) is 0 Å². The summed E-state index contributed by atoms with van der Waals surface area (Å²) >= 11 is 1.63. The molecule has 6 nitrogen and oxygen atoms in total. The molecule has 1 aromatic carbocycles. The summed E-state index contributed by atoms with van der Waals surface area (Å²) in [5.41, 5.74) is 1.18. The van der Waals surface area contributed by atoms with Gasteiger partial charge in [-0.2, -0.15) is 0 Å². The van der Waals surface area contributed by atoms with Gasteiger partial charge in [0.1, 0.15) is 5.75 Å². The standard InChI is InChI=1S/C21H27N3O3S/c1-21(2,3)19(17-7-6-12-28-17)23-20(26)22-14-9-10-16(27-4)15(13-14)24-11-5-8-18(24)25/h6-7,9-10,12-13,19H,5,8,11H2,1-4H3,(H2,22,23,26)/t19-/m0/s1. The van der Waals surface area contributed by atoms with Gasteiger partial charge in [0.2, 0.25) is 5.91 Å². The highest BCUT2D eigenvalue weighted by Crippen LogP contribution is 2.36. The monoisotopic (exact) mass is 401 g/mol. The van der Waals surface area contributed by atoms with Crippen molar-refractivity contribution in [1.82, 2.24) is 5.32 Å². The van der Waals surface area contributed by atoms with Crippen LogP contribution < -0.4 is 20.3 Å². The highest BCUT2D eigenvalue weighted by Gasteiger charge is 2.29. The van der Waals surface area contributed by atoms with Gasteiger partial charge in [-0.25, -0.2) is 4.79 Å². The first-order valence-electron chi connectivity index (χ1n) is 9.39. The van der Waals surface area contributed by atoms with Crippen LogP contribution in [-0.4, -0.2) is 25.6 Å². The number of hydrogen-bond acceptors (Lipinski definition) is 4. The number of ether oxygens (including phenoxy) is 1. The molecular formula is C21H27N3O3S. The number of carbonyl (C=O) groups is 2. The fourth-order valence-electron chi connectivity index (χ4n) is 3.35. The molecule has 3 amide bonds. The van der Waals surface area contributed by atoms with Gasteiger partial charge in [-0.3, -0.25) is 4.79 Å². The molecule has 2 N–H and O–H groups in total. The van der Waals surface area contributed by atoms with E-state index in [9.17, 15) is 9.59 Å². The van der Waals surface area contributed by atoms with Crippen LogP contribution in [0.5, 0.6) is 5.75 Å². The number of rotatable bonds is 5. The maximum atomic E-state index is 12.7. The van der Waals surface area contributed by atoms with Crippen molar-refractivity contribution < 1.29 is 14.3 Å². The van der Waals surface area contributed by atoms with E-state index < -0.39 is 0 Å². The van der Waals surface area contributed by atoms with Gasteiger partial charge >= 0.3 is 6.03 Å². The summed E-state index contributed by atoms with van der Waals surface area (Å²) in [7, 11) is 1.58. The lowest BCUT2D eigenvalue weighted by molar-refractivity contribution is -0.117. The van der Waals surface area contributed by atoms with E-state index in [4.69, 9.17) is 4.74 Å². The maximum absolute atomic E-state index is 12.7. The van der Waals surface area contributed by atoms with Gasteiger partial charge in [-0.05, 0) is 41.5 Å². The second-order valence-corrected chi connectivity index (χ2v) is 8.93. The van der Waals surface area contributed by atoms with Crippen molar-refractivity contribution in [3.63, 3.8) is 0 Å². The van der Waals surface area contributed by atoms with Crippen LogP contribution in [0.2, 0.25) is 0 Å². The van der Waals surface area contributed by atoms with Crippen LogP contribution in [0.25, 0.3) is 0 Å². The zero-order chi connectivity index (χ0) is 20.3. The lowest BCUT2D eigenvalue weighted by Crippen LogP contribution is -2.38. The number of nitrogens with zero attached hydrogens (tertiary/aromatic N) is 1. The Morgan fingerprint density at radius 3 is 2.64 bits per heavy atom. The molecule has 2 heterocycles. The summed E-state index contributed by atoms with van der Waals surface area (Å²) in [5.74, 6) is 0.692. The minimum absolute atomic E-state index is 0.0744. The summed E-state index contributed by atoms with van der Waals surface area (Å²) in [5, 5.41) is 7.99. The smallest absolute Gasteiger partial charge is 0.319 e. The summed E-state index contributed by atoms with van der Waals surface area (Å²) in [6.45, 7) is 6.96. The van der Waals surface area contributed by atoms with Gasteiger partial charge in [0.25, 0.3) is 0 Å². The lowest BCUT2D eigenvalue weighted by atomic mass is 9.86. The number of urea groups is 1. The van der Waals surface area contributed by atoms with E-state index in [1.165, 1.54) is 0 Å². The average Bonchev–Trinajstić information content (AvgIpc) is 3.30. The van der Waals surface area contributed by atoms with Gasteiger partial charge < -0.3 is 20.3 Å². The van der Waals surface area contributed by atoms with Crippen LogP contribution in [0, 0.1) is 5.41 Å². The van der Waals surface area contributed by atoms with Gasteiger partial charge in [-0.15, -0.1) is 11.3 Å². The second-order valence-electron chi connectivity index (χ2n) is 7.95. The molecule has 0 bridgehead atoms. The van der Waals surface area contributed by atoms with Crippen molar-refractivity contribution in [2.45, 2.75) is 39.7 Å². The van der Waals surface area contributed by atoms with Gasteiger partial charge in [0.05, 0.1) is 18.8 Å². The molecular weight excluding hydrogens is 374 g/mol. The molecule has 1 saturated heterocycles. The molecule has 0 radical (unpaired) electrons. The average molecular weight is 402 g/mol.